The van der Waals surface area contributed by atoms with Crippen molar-refractivity contribution in [2.75, 3.05) is 98.4 Å². The molecule has 1 saturated heterocycles. The van der Waals surface area contributed by atoms with E-state index in [0.717, 1.165) is 37.2 Å². The normalized spacial score (nSPS) is 19.8. The van der Waals surface area contributed by atoms with Crippen LogP contribution in [0, 0.1) is 5.82 Å². The van der Waals surface area contributed by atoms with Gasteiger partial charge in [-0.3, -0.25) is 9.69 Å². The van der Waals surface area contributed by atoms with Gasteiger partial charge in [0, 0.05) is 55.4 Å². The summed E-state index contributed by atoms with van der Waals surface area (Å²) >= 11 is 0. The molecule has 2 aromatic rings. The zero-order valence-corrected chi connectivity index (χ0v) is 26.3. The minimum absolute atomic E-state index is 0.0597. The maximum Gasteiger partial charge on any atom is 0.243 e. The van der Waals surface area contributed by atoms with Crippen LogP contribution >= 0.6 is 0 Å². The topological polar surface area (TPSA) is 84.5 Å². The zero-order valence-electron chi connectivity index (χ0n) is 26.3. The van der Waals surface area contributed by atoms with Crippen molar-refractivity contribution in [3.63, 3.8) is 0 Å². The van der Waals surface area contributed by atoms with E-state index in [0.29, 0.717) is 77.9 Å². The molecule has 2 aromatic carbocycles. The van der Waals surface area contributed by atoms with Gasteiger partial charge in [-0.2, -0.15) is 0 Å². The first-order valence-corrected chi connectivity index (χ1v) is 15.7. The van der Waals surface area contributed by atoms with E-state index in [1.54, 1.807) is 6.07 Å². The van der Waals surface area contributed by atoms with E-state index in [9.17, 15) is 9.18 Å². The second kappa shape index (κ2) is 18.2. The Bertz CT molecular complexity index is 1160. The molecule has 2 aliphatic rings. The number of anilines is 1. The molecule has 10 heteroatoms. The minimum Gasteiger partial charge on any atom is -0.383 e. The summed E-state index contributed by atoms with van der Waals surface area (Å²) in [7, 11) is 4.30. The summed E-state index contributed by atoms with van der Waals surface area (Å²) in [6.45, 7) is 10.4. The van der Waals surface area contributed by atoms with Gasteiger partial charge >= 0.3 is 0 Å². The molecule has 2 N–H and O–H groups in total. The smallest absolute Gasteiger partial charge is 0.243 e. The number of rotatable bonds is 20. The number of aryl methyl sites for hydroxylation is 1. The van der Waals surface area contributed by atoms with Crippen molar-refractivity contribution in [3.05, 3.63) is 77.6 Å². The fourth-order valence-electron chi connectivity index (χ4n) is 6.09. The van der Waals surface area contributed by atoms with Gasteiger partial charge in [0.25, 0.3) is 0 Å². The van der Waals surface area contributed by atoms with Crippen LogP contribution < -0.4 is 10.6 Å². The van der Waals surface area contributed by atoms with Gasteiger partial charge in [-0.15, -0.1) is 0 Å². The van der Waals surface area contributed by atoms with Gasteiger partial charge < -0.3 is 34.5 Å². The Morgan fingerprint density at radius 2 is 1.57 bits per heavy atom. The number of hydrogen-bond acceptors (Lipinski definition) is 8. The molecule has 0 bridgehead atoms. The lowest BCUT2D eigenvalue weighted by atomic mass is 9.93. The average molecular weight is 613 g/mol. The standard InChI is InChI=1S/C34H49FN4O5/c1-4-33(40)37-15-17-42-19-21-44-23-22-43-20-18-41-16-14-36-28-11-8-26(9-12-28)29-24-39(25-32(29)38(2)3)31-13-10-27-6-5-7-30(35)34(27)31/h4-9,11-12,29,31-32,36H,1,10,13-25H2,2-3H3,(H,37,40)/t29-,31?,32+/m1/s1. The first-order chi connectivity index (χ1) is 21.5. The molecule has 44 heavy (non-hydrogen) atoms. The number of carbonyl (C=O) groups is 1. The summed E-state index contributed by atoms with van der Waals surface area (Å²) in [4.78, 5) is 15.8. The number of hydrogen-bond donors (Lipinski definition) is 2. The Morgan fingerprint density at radius 1 is 0.932 bits per heavy atom. The summed E-state index contributed by atoms with van der Waals surface area (Å²) in [6, 6.07) is 14.8. The van der Waals surface area contributed by atoms with Crippen LogP contribution in [0.4, 0.5) is 10.1 Å². The molecule has 1 amide bonds. The van der Waals surface area contributed by atoms with Crippen molar-refractivity contribution in [1.29, 1.82) is 0 Å². The van der Waals surface area contributed by atoms with Gasteiger partial charge in [0.05, 0.1) is 52.9 Å². The molecule has 3 atom stereocenters. The predicted octanol–water partition coefficient (Wildman–Crippen LogP) is 3.62. The summed E-state index contributed by atoms with van der Waals surface area (Å²) in [5.74, 6) is 0.111. The average Bonchev–Trinajstić information content (AvgIpc) is 3.67. The van der Waals surface area contributed by atoms with Gasteiger partial charge in [-0.05, 0) is 62.3 Å². The highest BCUT2D eigenvalue weighted by Crippen LogP contribution is 2.42. The van der Waals surface area contributed by atoms with E-state index in [4.69, 9.17) is 18.9 Å². The third kappa shape index (κ3) is 10.1. The summed E-state index contributed by atoms with van der Waals surface area (Å²) in [5, 5.41) is 6.08. The van der Waals surface area contributed by atoms with Crippen molar-refractivity contribution >= 4 is 11.6 Å². The highest BCUT2D eigenvalue weighted by Gasteiger charge is 2.41. The summed E-state index contributed by atoms with van der Waals surface area (Å²) in [6.07, 6.45) is 3.18. The summed E-state index contributed by atoms with van der Waals surface area (Å²) < 4.78 is 36.8. The second-order valence-electron chi connectivity index (χ2n) is 11.5. The Morgan fingerprint density at radius 3 is 2.20 bits per heavy atom. The molecule has 1 aliphatic heterocycles. The lowest BCUT2D eigenvalue weighted by Gasteiger charge is -2.26. The van der Waals surface area contributed by atoms with Crippen LogP contribution in [0.3, 0.4) is 0 Å². The van der Waals surface area contributed by atoms with E-state index in [-0.39, 0.29) is 17.8 Å². The molecule has 242 valence electrons. The van der Waals surface area contributed by atoms with E-state index in [1.807, 2.05) is 6.07 Å². The van der Waals surface area contributed by atoms with Crippen LogP contribution in [-0.2, 0) is 30.2 Å². The van der Waals surface area contributed by atoms with Gasteiger partial charge in [0.15, 0.2) is 0 Å². The molecule has 0 aromatic heterocycles. The Kier molecular flexibility index (Phi) is 14.1. The molecular formula is C34H49FN4O5. The molecule has 1 unspecified atom stereocenters. The predicted molar refractivity (Wildman–Crippen MR) is 171 cm³/mol. The number of nitrogens with zero attached hydrogens (tertiary/aromatic N) is 2. The number of carbonyl (C=O) groups excluding carboxylic acids is 1. The van der Waals surface area contributed by atoms with Crippen molar-refractivity contribution in [3.8, 4) is 0 Å². The van der Waals surface area contributed by atoms with Gasteiger partial charge in [-0.25, -0.2) is 4.39 Å². The number of fused-ring (bicyclic) bond motifs is 1. The molecule has 9 nitrogen and oxygen atoms in total. The molecule has 1 fully saturated rings. The molecule has 0 spiro atoms. The highest BCUT2D eigenvalue weighted by atomic mass is 19.1. The van der Waals surface area contributed by atoms with Gasteiger partial charge in [-0.1, -0.05) is 30.8 Å². The van der Waals surface area contributed by atoms with E-state index >= 15 is 0 Å². The molecule has 1 heterocycles. The maximum atomic E-state index is 14.8. The van der Waals surface area contributed by atoms with Crippen LogP contribution in [0.25, 0.3) is 0 Å². The lowest BCUT2D eigenvalue weighted by molar-refractivity contribution is -0.116. The number of halogens is 1. The quantitative estimate of drug-likeness (QED) is 0.173. The van der Waals surface area contributed by atoms with Crippen LogP contribution in [0.1, 0.15) is 35.1 Å². The van der Waals surface area contributed by atoms with Crippen molar-refractivity contribution < 1.29 is 28.1 Å². The zero-order chi connectivity index (χ0) is 31.1. The van der Waals surface area contributed by atoms with Crippen molar-refractivity contribution in [2.24, 2.45) is 0 Å². The van der Waals surface area contributed by atoms with Crippen molar-refractivity contribution in [1.82, 2.24) is 15.1 Å². The van der Waals surface area contributed by atoms with Crippen LogP contribution in [0.15, 0.2) is 55.1 Å². The number of ether oxygens (including phenoxy) is 4. The number of likely N-dealkylation sites (tertiary alicyclic amines) is 1. The van der Waals surface area contributed by atoms with Gasteiger partial charge in [0.2, 0.25) is 5.91 Å². The number of nitrogens with one attached hydrogen (secondary N) is 2. The Balaban J connectivity index is 1.06. The third-order valence-corrected chi connectivity index (χ3v) is 8.35. The van der Waals surface area contributed by atoms with E-state index in [1.165, 1.54) is 17.2 Å². The molecular weight excluding hydrogens is 563 g/mol. The SMILES string of the molecule is C=CC(=O)NCCOCCOCCOCCOCCNc1ccc([C@H]2CN(C3CCc4cccc(F)c43)C[C@@H]2N(C)C)cc1. The lowest BCUT2D eigenvalue weighted by Crippen LogP contribution is -2.35. The number of amides is 1. The fraction of sp³-hybridized carbons (Fsp3) is 0.559. The monoisotopic (exact) mass is 612 g/mol. The third-order valence-electron chi connectivity index (χ3n) is 8.35. The van der Waals surface area contributed by atoms with Crippen molar-refractivity contribution in [2.45, 2.75) is 30.8 Å². The van der Waals surface area contributed by atoms with Crippen LogP contribution in [-0.4, -0.2) is 115 Å². The molecule has 0 saturated carbocycles. The Labute approximate surface area is 261 Å². The first kappa shape index (κ1) is 34.0. The summed E-state index contributed by atoms with van der Waals surface area (Å²) in [5.41, 5.74) is 4.47. The van der Waals surface area contributed by atoms with E-state index in [2.05, 4.69) is 71.4 Å². The molecule has 4 rings (SSSR count). The number of benzene rings is 2. The van der Waals surface area contributed by atoms with Gasteiger partial charge in [0.1, 0.15) is 5.82 Å². The second-order valence-corrected chi connectivity index (χ2v) is 11.5. The van der Waals surface area contributed by atoms with E-state index < -0.39 is 0 Å². The Hall–Kier alpha value is -2.86. The molecule has 1 aliphatic carbocycles. The van der Waals surface area contributed by atoms with Crippen LogP contribution in [0.5, 0.6) is 0 Å². The fourth-order valence-corrected chi connectivity index (χ4v) is 6.09. The minimum atomic E-state index is -0.204. The molecule has 0 radical (unpaired) electrons. The van der Waals surface area contributed by atoms with Crippen LogP contribution in [0.2, 0.25) is 0 Å². The first-order valence-electron chi connectivity index (χ1n) is 15.7. The maximum absolute atomic E-state index is 14.8. The highest BCUT2D eigenvalue weighted by molar-refractivity contribution is 5.86. The number of likely N-dealkylation sites (N-methyl/N-ethyl adjacent to an activating group) is 1. The largest absolute Gasteiger partial charge is 0.383 e.